The molecule has 0 radical (unpaired) electrons. The topological polar surface area (TPSA) is 35.5 Å². The van der Waals surface area contributed by atoms with Gasteiger partial charge in [0.1, 0.15) is 10.6 Å². The summed E-state index contributed by atoms with van der Waals surface area (Å²) < 4.78 is 10.4. The van der Waals surface area contributed by atoms with E-state index in [1.807, 2.05) is 12.1 Å². The van der Waals surface area contributed by atoms with E-state index in [1.54, 1.807) is 20.3 Å². The first-order chi connectivity index (χ1) is 7.11. The van der Waals surface area contributed by atoms with Crippen LogP contribution in [0, 0.1) is 0 Å². The van der Waals surface area contributed by atoms with Crippen molar-refractivity contribution in [2.45, 2.75) is 11.8 Å². The highest BCUT2D eigenvalue weighted by Crippen LogP contribution is 2.38. The van der Waals surface area contributed by atoms with Gasteiger partial charge in [-0.25, -0.2) is 0 Å². The van der Waals surface area contributed by atoms with Gasteiger partial charge in [0.25, 0.3) is 0 Å². The van der Waals surface area contributed by atoms with Crippen LogP contribution in [0.15, 0.2) is 18.2 Å². The van der Waals surface area contributed by atoms with Gasteiger partial charge in [0.2, 0.25) is 0 Å². The van der Waals surface area contributed by atoms with E-state index in [4.69, 9.17) is 9.47 Å². The van der Waals surface area contributed by atoms with Gasteiger partial charge >= 0.3 is 0 Å². The average molecular weight is 273 g/mol. The molecular formula is C11H13BrO3. The Kier molecular flexibility index (Phi) is 4.15. The van der Waals surface area contributed by atoms with Crippen LogP contribution in [0.5, 0.6) is 11.5 Å². The number of Topliss-reactive ketones (excluding diaryl/α,β-unsaturated/α-hetero) is 1. The molecule has 1 aromatic carbocycles. The number of rotatable bonds is 4. The van der Waals surface area contributed by atoms with Crippen LogP contribution in [0.1, 0.15) is 17.3 Å². The van der Waals surface area contributed by atoms with Gasteiger partial charge in [-0.05, 0) is 13.0 Å². The van der Waals surface area contributed by atoms with Crippen molar-refractivity contribution in [1.82, 2.24) is 0 Å². The second-order valence-corrected chi connectivity index (χ2v) is 3.97. The lowest BCUT2D eigenvalue weighted by atomic mass is 10.1. The molecule has 15 heavy (non-hydrogen) atoms. The first-order valence-corrected chi connectivity index (χ1v) is 5.38. The molecule has 0 N–H and O–H groups in total. The summed E-state index contributed by atoms with van der Waals surface area (Å²) in [5.41, 5.74) is 0.782. The number of ether oxygens (including phenoxy) is 2. The van der Waals surface area contributed by atoms with E-state index in [1.165, 1.54) is 6.92 Å². The van der Waals surface area contributed by atoms with E-state index in [9.17, 15) is 4.79 Å². The number of methoxy groups -OCH3 is 2. The summed E-state index contributed by atoms with van der Waals surface area (Å²) >= 11 is 3.32. The molecule has 0 bridgehead atoms. The Labute approximate surface area is 97.5 Å². The number of benzene rings is 1. The molecule has 0 spiro atoms. The molecule has 82 valence electrons. The first-order valence-electron chi connectivity index (χ1n) is 4.47. The minimum atomic E-state index is -0.359. The highest BCUT2D eigenvalue weighted by atomic mass is 79.9. The fourth-order valence-electron chi connectivity index (χ4n) is 1.33. The largest absolute Gasteiger partial charge is 0.493 e. The van der Waals surface area contributed by atoms with E-state index >= 15 is 0 Å². The molecule has 0 aliphatic carbocycles. The predicted octanol–water partition coefficient (Wildman–Crippen LogP) is 2.73. The van der Waals surface area contributed by atoms with Crippen LogP contribution in [-0.4, -0.2) is 20.0 Å². The van der Waals surface area contributed by atoms with Crippen LogP contribution in [-0.2, 0) is 4.79 Å². The molecule has 0 saturated heterocycles. The molecule has 4 heteroatoms. The molecule has 1 rings (SSSR count). The standard InChI is InChI=1S/C11H13BrO3/c1-7(13)10(12)8-5-4-6-9(14-2)11(8)15-3/h4-6,10H,1-3H3. The van der Waals surface area contributed by atoms with E-state index in [0.29, 0.717) is 11.5 Å². The van der Waals surface area contributed by atoms with Crippen LogP contribution in [0.2, 0.25) is 0 Å². The van der Waals surface area contributed by atoms with Crippen molar-refractivity contribution in [2.75, 3.05) is 14.2 Å². The van der Waals surface area contributed by atoms with Gasteiger partial charge in [0.15, 0.2) is 11.5 Å². The van der Waals surface area contributed by atoms with Gasteiger partial charge in [-0.1, -0.05) is 28.1 Å². The van der Waals surface area contributed by atoms with Gasteiger partial charge < -0.3 is 9.47 Å². The van der Waals surface area contributed by atoms with E-state index in [-0.39, 0.29) is 10.6 Å². The van der Waals surface area contributed by atoms with Crippen molar-refractivity contribution in [1.29, 1.82) is 0 Å². The smallest absolute Gasteiger partial charge is 0.165 e. The molecular weight excluding hydrogens is 260 g/mol. The number of hydrogen-bond acceptors (Lipinski definition) is 3. The zero-order valence-electron chi connectivity index (χ0n) is 8.91. The number of carbonyl (C=O) groups excluding carboxylic acids is 1. The highest BCUT2D eigenvalue weighted by Gasteiger charge is 2.19. The molecule has 1 atom stereocenters. The average Bonchev–Trinajstić information content (AvgIpc) is 2.26. The summed E-state index contributed by atoms with van der Waals surface area (Å²) in [6.07, 6.45) is 0. The minimum Gasteiger partial charge on any atom is -0.493 e. The molecule has 0 aliphatic heterocycles. The predicted molar refractivity (Wildman–Crippen MR) is 61.9 cm³/mol. The molecule has 1 unspecified atom stereocenters. The third kappa shape index (κ3) is 2.50. The fourth-order valence-corrected chi connectivity index (χ4v) is 1.69. The Morgan fingerprint density at radius 2 is 2.00 bits per heavy atom. The normalized spacial score (nSPS) is 12.0. The number of ketones is 1. The summed E-state index contributed by atoms with van der Waals surface area (Å²) in [6, 6.07) is 5.46. The fraction of sp³-hybridized carbons (Fsp3) is 0.364. The summed E-state index contributed by atoms with van der Waals surface area (Å²) in [5, 5.41) is 0. The maximum atomic E-state index is 11.3. The molecule has 0 aliphatic rings. The summed E-state index contributed by atoms with van der Waals surface area (Å²) in [4.78, 5) is 10.9. The SMILES string of the molecule is COc1cccc(C(Br)C(C)=O)c1OC. The van der Waals surface area contributed by atoms with E-state index in [0.717, 1.165) is 5.56 Å². The lowest BCUT2D eigenvalue weighted by molar-refractivity contribution is -0.116. The number of hydrogen-bond donors (Lipinski definition) is 0. The van der Waals surface area contributed by atoms with Crippen molar-refractivity contribution in [2.24, 2.45) is 0 Å². The molecule has 3 nitrogen and oxygen atoms in total. The molecule has 1 aromatic rings. The van der Waals surface area contributed by atoms with Gasteiger partial charge in [-0.15, -0.1) is 0 Å². The van der Waals surface area contributed by atoms with Gasteiger partial charge in [0.05, 0.1) is 14.2 Å². The molecule has 0 heterocycles. The maximum Gasteiger partial charge on any atom is 0.165 e. The van der Waals surface area contributed by atoms with Crippen LogP contribution < -0.4 is 9.47 Å². The Morgan fingerprint density at radius 3 is 2.47 bits per heavy atom. The summed E-state index contributed by atoms with van der Waals surface area (Å²) in [5.74, 6) is 1.25. The van der Waals surface area contributed by atoms with E-state index < -0.39 is 0 Å². The molecule has 0 fully saturated rings. The summed E-state index contributed by atoms with van der Waals surface area (Å²) in [7, 11) is 3.12. The zero-order valence-corrected chi connectivity index (χ0v) is 10.5. The molecule has 0 saturated carbocycles. The second-order valence-electron chi connectivity index (χ2n) is 3.06. The van der Waals surface area contributed by atoms with Crippen LogP contribution >= 0.6 is 15.9 Å². The first kappa shape index (κ1) is 12.0. The van der Waals surface area contributed by atoms with Crippen molar-refractivity contribution >= 4 is 21.7 Å². The minimum absolute atomic E-state index is 0.0292. The van der Waals surface area contributed by atoms with Crippen LogP contribution in [0.3, 0.4) is 0 Å². The summed E-state index contributed by atoms with van der Waals surface area (Å²) in [6.45, 7) is 1.53. The molecule has 0 aromatic heterocycles. The van der Waals surface area contributed by atoms with Gasteiger partial charge in [-0.3, -0.25) is 4.79 Å². The number of alkyl halides is 1. The van der Waals surface area contributed by atoms with Crippen molar-refractivity contribution < 1.29 is 14.3 Å². The Hall–Kier alpha value is -1.03. The number of para-hydroxylation sites is 1. The third-order valence-corrected chi connectivity index (χ3v) is 3.20. The Morgan fingerprint density at radius 1 is 1.33 bits per heavy atom. The zero-order chi connectivity index (χ0) is 11.4. The van der Waals surface area contributed by atoms with Crippen LogP contribution in [0.25, 0.3) is 0 Å². The lowest BCUT2D eigenvalue weighted by Crippen LogP contribution is -2.04. The lowest BCUT2D eigenvalue weighted by Gasteiger charge is -2.14. The quantitative estimate of drug-likeness (QED) is 0.791. The van der Waals surface area contributed by atoms with Gasteiger partial charge in [-0.2, -0.15) is 0 Å². The van der Waals surface area contributed by atoms with E-state index in [2.05, 4.69) is 15.9 Å². The Bertz CT molecular complexity index is 363. The highest BCUT2D eigenvalue weighted by molar-refractivity contribution is 9.09. The van der Waals surface area contributed by atoms with Crippen molar-refractivity contribution in [3.05, 3.63) is 23.8 Å². The Balaban J connectivity index is 3.22. The van der Waals surface area contributed by atoms with Gasteiger partial charge in [0, 0.05) is 5.56 Å². The van der Waals surface area contributed by atoms with Crippen LogP contribution in [0.4, 0.5) is 0 Å². The second kappa shape index (κ2) is 5.16. The number of carbonyl (C=O) groups is 1. The monoisotopic (exact) mass is 272 g/mol. The maximum absolute atomic E-state index is 11.3. The van der Waals surface area contributed by atoms with Crippen molar-refractivity contribution in [3.63, 3.8) is 0 Å². The number of halogens is 1. The third-order valence-electron chi connectivity index (χ3n) is 2.06. The molecule has 0 amide bonds. The van der Waals surface area contributed by atoms with Crippen molar-refractivity contribution in [3.8, 4) is 11.5 Å².